The molecule has 2 aromatic rings. The van der Waals surface area contributed by atoms with E-state index in [-0.39, 0.29) is 10.6 Å². The summed E-state index contributed by atoms with van der Waals surface area (Å²) >= 11 is 5.85. The number of aryl methyl sites for hydroxylation is 1. The Labute approximate surface area is 116 Å². The first-order valence-corrected chi connectivity index (χ1v) is 7.13. The van der Waals surface area contributed by atoms with Gasteiger partial charge in [0.2, 0.25) is 0 Å². The predicted octanol–water partition coefficient (Wildman–Crippen LogP) is 1.88. The highest BCUT2D eigenvalue weighted by atomic mass is 35.5. The number of nitrogens with zero attached hydrogens (tertiary/aromatic N) is 2. The maximum Gasteiger partial charge on any atom is 0.265 e. The predicted molar refractivity (Wildman–Crippen MR) is 72.0 cm³/mol. The van der Waals surface area contributed by atoms with E-state index in [1.165, 1.54) is 30.3 Å². The molecule has 2 rings (SSSR count). The van der Waals surface area contributed by atoms with E-state index in [0.717, 1.165) is 0 Å². The smallest absolute Gasteiger partial charge is 0.265 e. The van der Waals surface area contributed by atoms with Crippen LogP contribution in [0.25, 0.3) is 0 Å². The van der Waals surface area contributed by atoms with Gasteiger partial charge in [0, 0.05) is 18.3 Å². The zero-order valence-electron chi connectivity index (χ0n) is 10.3. The van der Waals surface area contributed by atoms with Gasteiger partial charge < -0.3 is 4.74 Å². The van der Waals surface area contributed by atoms with Gasteiger partial charge in [0.1, 0.15) is 10.6 Å². The van der Waals surface area contributed by atoms with Crippen molar-refractivity contribution in [2.45, 2.75) is 4.90 Å². The van der Waals surface area contributed by atoms with Crippen LogP contribution in [0, 0.1) is 0 Å². The molecule has 0 saturated carbocycles. The summed E-state index contributed by atoms with van der Waals surface area (Å²) in [5.41, 5.74) is 0.277. The minimum Gasteiger partial charge on any atom is -0.495 e. The van der Waals surface area contributed by atoms with Crippen LogP contribution in [0.5, 0.6) is 5.75 Å². The molecule has 0 bridgehead atoms. The molecule has 0 spiro atoms. The molecule has 6 nitrogen and oxygen atoms in total. The number of hydrogen-bond donors (Lipinski definition) is 1. The lowest BCUT2D eigenvalue weighted by Gasteiger charge is -2.11. The summed E-state index contributed by atoms with van der Waals surface area (Å²) in [4.78, 5) is 0.0667. The second kappa shape index (κ2) is 5.10. The third-order valence-electron chi connectivity index (χ3n) is 2.40. The lowest BCUT2D eigenvalue weighted by molar-refractivity contribution is 0.417. The molecule has 0 amide bonds. The minimum absolute atomic E-state index is 0.0667. The Balaban J connectivity index is 2.38. The molecule has 0 atom stereocenters. The van der Waals surface area contributed by atoms with Crippen molar-refractivity contribution in [1.82, 2.24) is 9.78 Å². The van der Waals surface area contributed by atoms with Gasteiger partial charge in [0.15, 0.2) is 0 Å². The Morgan fingerprint density at radius 3 is 2.74 bits per heavy atom. The minimum atomic E-state index is -3.71. The van der Waals surface area contributed by atoms with Crippen molar-refractivity contribution in [3.8, 4) is 5.75 Å². The number of aromatic nitrogens is 2. The van der Waals surface area contributed by atoms with E-state index in [4.69, 9.17) is 16.3 Å². The maximum absolute atomic E-state index is 12.1. The van der Waals surface area contributed by atoms with E-state index < -0.39 is 10.0 Å². The molecular formula is C11H12ClN3O3S. The third kappa shape index (κ3) is 2.99. The molecule has 1 aromatic heterocycles. The fourth-order valence-corrected chi connectivity index (χ4v) is 2.72. The summed E-state index contributed by atoms with van der Waals surface area (Å²) in [5.74, 6) is 0.386. The normalized spacial score (nSPS) is 11.3. The van der Waals surface area contributed by atoms with Crippen LogP contribution in [-0.2, 0) is 17.1 Å². The summed E-state index contributed by atoms with van der Waals surface area (Å²) in [7, 11) is -0.626. The SMILES string of the molecule is COc1ccc(Cl)cc1NS(=O)(=O)c1cnn(C)c1. The fraction of sp³-hybridized carbons (Fsp3) is 0.182. The van der Waals surface area contributed by atoms with Gasteiger partial charge in [-0.2, -0.15) is 5.10 Å². The highest BCUT2D eigenvalue weighted by Gasteiger charge is 2.18. The van der Waals surface area contributed by atoms with Crippen LogP contribution < -0.4 is 9.46 Å². The second-order valence-corrected chi connectivity index (χ2v) is 5.92. The maximum atomic E-state index is 12.1. The standard InChI is InChI=1S/C11H12ClN3O3S/c1-15-7-9(6-13-15)19(16,17)14-10-5-8(12)3-4-11(10)18-2/h3-7,14H,1-2H3. The first-order valence-electron chi connectivity index (χ1n) is 5.27. The van der Waals surface area contributed by atoms with Crippen molar-refractivity contribution in [2.75, 3.05) is 11.8 Å². The number of nitrogens with one attached hydrogen (secondary N) is 1. The topological polar surface area (TPSA) is 73.2 Å². The monoisotopic (exact) mass is 301 g/mol. The Bertz CT molecular complexity index is 697. The molecule has 102 valence electrons. The average Bonchev–Trinajstić information content (AvgIpc) is 2.76. The molecule has 1 heterocycles. The molecule has 1 aromatic carbocycles. The Hall–Kier alpha value is -1.73. The number of anilines is 1. The lowest BCUT2D eigenvalue weighted by Crippen LogP contribution is -2.13. The van der Waals surface area contributed by atoms with E-state index in [2.05, 4.69) is 9.82 Å². The van der Waals surface area contributed by atoms with Gasteiger partial charge in [-0.05, 0) is 18.2 Å². The molecule has 0 aliphatic carbocycles. The van der Waals surface area contributed by atoms with Crippen molar-refractivity contribution in [1.29, 1.82) is 0 Å². The molecule has 0 radical (unpaired) electrons. The van der Waals surface area contributed by atoms with E-state index in [9.17, 15) is 8.42 Å². The largest absolute Gasteiger partial charge is 0.495 e. The lowest BCUT2D eigenvalue weighted by atomic mass is 10.3. The number of benzene rings is 1. The van der Waals surface area contributed by atoms with E-state index in [0.29, 0.717) is 10.8 Å². The van der Waals surface area contributed by atoms with Crippen LogP contribution in [-0.4, -0.2) is 25.3 Å². The van der Waals surface area contributed by atoms with Gasteiger partial charge in [-0.1, -0.05) is 11.6 Å². The quantitative estimate of drug-likeness (QED) is 0.936. The van der Waals surface area contributed by atoms with E-state index in [1.54, 1.807) is 19.2 Å². The Morgan fingerprint density at radius 1 is 1.42 bits per heavy atom. The molecule has 0 unspecified atom stereocenters. The Morgan fingerprint density at radius 2 is 2.16 bits per heavy atom. The van der Waals surface area contributed by atoms with Crippen molar-refractivity contribution >= 4 is 27.3 Å². The molecule has 19 heavy (non-hydrogen) atoms. The van der Waals surface area contributed by atoms with Gasteiger partial charge >= 0.3 is 0 Å². The van der Waals surface area contributed by atoms with Crippen LogP contribution in [0.1, 0.15) is 0 Å². The molecule has 8 heteroatoms. The first-order chi connectivity index (χ1) is 8.92. The van der Waals surface area contributed by atoms with Gasteiger partial charge in [-0.25, -0.2) is 8.42 Å². The third-order valence-corrected chi connectivity index (χ3v) is 3.95. The number of sulfonamides is 1. The van der Waals surface area contributed by atoms with Crippen LogP contribution >= 0.6 is 11.6 Å². The van der Waals surface area contributed by atoms with Crippen LogP contribution in [0.4, 0.5) is 5.69 Å². The number of halogens is 1. The highest BCUT2D eigenvalue weighted by molar-refractivity contribution is 7.92. The first kappa shape index (κ1) is 13.7. The summed E-state index contributed by atoms with van der Waals surface area (Å²) in [5, 5.41) is 4.23. The van der Waals surface area contributed by atoms with Gasteiger partial charge in [-0.3, -0.25) is 9.40 Å². The number of rotatable bonds is 4. The number of hydrogen-bond acceptors (Lipinski definition) is 4. The van der Waals surface area contributed by atoms with E-state index >= 15 is 0 Å². The Kier molecular flexibility index (Phi) is 3.68. The van der Waals surface area contributed by atoms with Gasteiger partial charge in [-0.15, -0.1) is 0 Å². The van der Waals surface area contributed by atoms with Gasteiger partial charge in [0.25, 0.3) is 10.0 Å². The van der Waals surface area contributed by atoms with Crippen molar-refractivity contribution in [2.24, 2.45) is 7.05 Å². The van der Waals surface area contributed by atoms with Crippen LogP contribution in [0.3, 0.4) is 0 Å². The second-order valence-electron chi connectivity index (χ2n) is 3.80. The molecule has 0 fully saturated rings. The number of ether oxygens (including phenoxy) is 1. The van der Waals surface area contributed by atoms with Gasteiger partial charge in [0.05, 0.1) is 19.0 Å². The summed E-state index contributed by atoms with van der Waals surface area (Å²) < 4.78 is 33.2. The van der Waals surface area contributed by atoms with E-state index in [1.807, 2.05) is 0 Å². The fourth-order valence-electron chi connectivity index (χ4n) is 1.50. The van der Waals surface area contributed by atoms with Crippen molar-refractivity contribution < 1.29 is 13.2 Å². The summed E-state index contributed by atoms with van der Waals surface area (Å²) in [6, 6.07) is 4.68. The van der Waals surface area contributed by atoms with Crippen molar-refractivity contribution in [3.05, 3.63) is 35.6 Å². The van der Waals surface area contributed by atoms with Crippen LogP contribution in [0.2, 0.25) is 5.02 Å². The molecular weight excluding hydrogens is 290 g/mol. The average molecular weight is 302 g/mol. The zero-order valence-corrected chi connectivity index (χ0v) is 11.9. The molecule has 0 saturated heterocycles. The summed E-state index contributed by atoms with van der Waals surface area (Å²) in [6.45, 7) is 0. The van der Waals surface area contributed by atoms with Crippen LogP contribution in [0.15, 0.2) is 35.5 Å². The summed E-state index contributed by atoms with van der Waals surface area (Å²) in [6.07, 6.45) is 2.67. The molecule has 0 aliphatic rings. The number of methoxy groups -OCH3 is 1. The van der Waals surface area contributed by atoms with Crippen molar-refractivity contribution in [3.63, 3.8) is 0 Å². The molecule has 1 N–H and O–H groups in total. The highest BCUT2D eigenvalue weighted by Crippen LogP contribution is 2.29. The zero-order chi connectivity index (χ0) is 14.0. The molecule has 0 aliphatic heterocycles.